The van der Waals surface area contributed by atoms with E-state index < -0.39 is 26.6 Å². The first-order valence-electron chi connectivity index (χ1n) is 32.8. The fourth-order valence-electron chi connectivity index (χ4n) is 8.89. The van der Waals surface area contributed by atoms with Crippen LogP contribution in [0.15, 0.2) is 122 Å². The Morgan fingerprint density at radius 3 is 1.20 bits per heavy atom. The molecule has 0 aromatic heterocycles. The molecule has 0 fully saturated rings. The summed E-state index contributed by atoms with van der Waals surface area (Å²) in [6, 6.07) is -0.914. The van der Waals surface area contributed by atoms with E-state index >= 15 is 0 Å². The highest BCUT2D eigenvalue weighted by Gasteiger charge is 2.27. The molecule has 3 unspecified atom stereocenters. The van der Waals surface area contributed by atoms with E-state index in [0.29, 0.717) is 17.4 Å². The van der Waals surface area contributed by atoms with Gasteiger partial charge in [-0.1, -0.05) is 258 Å². The number of phosphoric ester groups is 1. The summed E-state index contributed by atoms with van der Waals surface area (Å²) in [5.41, 5.74) is 0. The molecule has 1 N–H and O–H groups in total. The molecule has 0 radical (unpaired) electrons. The number of hydrogen-bond acceptors (Lipinski definition) is 7. The van der Waals surface area contributed by atoms with Gasteiger partial charge in [0.1, 0.15) is 19.3 Å². The first-order valence-corrected chi connectivity index (χ1v) is 34.3. The molecule has 0 aliphatic carbocycles. The van der Waals surface area contributed by atoms with Crippen molar-refractivity contribution in [3.63, 3.8) is 0 Å². The number of phosphoric acid groups is 1. The zero-order chi connectivity index (χ0) is 59.3. The van der Waals surface area contributed by atoms with Crippen molar-refractivity contribution in [1.82, 2.24) is 5.32 Å². The minimum absolute atomic E-state index is 0.0349. The highest BCUT2D eigenvalue weighted by atomic mass is 31.2. The van der Waals surface area contributed by atoms with Crippen LogP contribution in [0.2, 0.25) is 0 Å². The molecule has 0 rings (SSSR count). The summed E-state index contributed by atoms with van der Waals surface area (Å²) in [5, 5.41) is 3.01. The number of hydrogen-bond donors (Lipinski definition) is 1. The predicted octanol–water partition coefficient (Wildman–Crippen LogP) is 20.0. The fourth-order valence-corrected chi connectivity index (χ4v) is 9.62. The Bertz CT molecular complexity index is 1800. The highest BCUT2D eigenvalue weighted by molar-refractivity contribution is 7.45. The fraction of sp³-hybridized carbons (Fsp3) is 0.690. The molecule has 10 heteroatoms. The van der Waals surface area contributed by atoms with Crippen LogP contribution in [-0.2, 0) is 27.9 Å². The van der Waals surface area contributed by atoms with Crippen molar-refractivity contribution in [3.8, 4) is 0 Å². The number of unbranched alkanes of at least 4 members (excludes halogenated alkanes) is 24. The number of esters is 1. The smallest absolute Gasteiger partial charge is 0.306 e. The van der Waals surface area contributed by atoms with Gasteiger partial charge in [-0.25, -0.2) is 0 Å². The summed E-state index contributed by atoms with van der Waals surface area (Å²) in [5.74, 6) is -0.586. The molecule has 464 valence electrons. The molecule has 81 heavy (non-hydrogen) atoms. The summed E-state index contributed by atoms with van der Waals surface area (Å²) in [7, 11) is 1.15. The van der Waals surface area contributed by atoms with Gasteiger partial charge in [-0.05, 0) is 115 Å². The van der Waals surface area contributed by atoms with Crippen molar-refractivity contribution < 1.29 is 37.3 Å². The Kier molecular flexibility index (Phi) is 56.9. The molecule has 0 spiro atoms. The van der Waals surface area contributed by atoms with Gasteiger partial charge in [0.25, 0.3) is 7.82 Å². The van der Waals surface area contributed by atoms with Crippen molar-refractivity contribution in [2.24, 2.45) is 0 Å². The van der Waals surface area contributed by atoms with Gasteiger partial charge in [0.15, 0.2) is 0 Å². The van der Waals surface area contributed by atoms with Gasteiger partial charge in [-0.2, -0.15) is 0 Å². The molecular weight excluding hydrogens is 1020 g/mol. The number of nitrogens with zero attached hydrogens (tertiary/aromatic N) is 1. The Hall–Kier alpha value is -3.59. The van der Waals surface area contributed by atoms with E-state index in [0.717, 1.165) is 128 Å². The third kappa shape index (κ3) is 60.8. The maximum atomic E-state index is 13.5. The lowest BCUT2D eigenvalue weighted by molar-refractivity contribution is -0.870. The zero-order valence-electron chi connectivity index (χ0n) is 52.9. The molecule has 0 aromatic carbocycles. The van der Waals surface area contributed by atoms with Gasteiger partial charge in [-0.3, -0.25) is 14.2 Å². The molecular formula is C71H123N2O7P. The standard InChI is InChI=1S/C71H123N2O7P/c1-7-10-13-16-19-22-25-28-30-32-33-34-35-36-37-38-39-40-41-42-44-46-49-52-55-58-61-64-71(75)80-69(62-59-56-53-50-47-27-24-21-18-15-12-9-3)68(67-79-81(76,77)78-66-65-73(4,5)6)72-70(74)63-60-57-54-51-48-45-43-31-29-26-23-20-17-14-11-8-2/h10-11,13-14,19-20,22-23,28-31,33-34,36-37,45,48,59,62,68-69H,7-9,12,15-18,21,24-27,32,35,38-44,46-47,49-58,60-61,63-67H2,1-6H3,(H-,72,74,76,77)/b13-10-,14-11+,22-19-,23-20+,30-28-,31-29+,34-33-,37-36-,48-45+,62-59-. The number of nitrogens with one attached hydrogen (secondary N) is 1. The van der Waals surface area contributed by atoms with Crippen molar-refractivity contribution in [3.05, 3.63) is 122 Å². The van der Waals surface area contributed by atoms with E-state index in [1.165, 1.54) is 96.3 Å². The lowest BCUT2D eigenvalue weighted by Gasteiger charge is -2.30. The molecule has 0 bridgehead atoms. The topological polar surface area (TPSA) is 114 Å². The Morgan fingerprint density at radius 2 is 0.790 bits per heavy atom. The van der Waals surface area contributed by atoms with E-state index in [4.69, 9.17) is 13.8 Å². The lowest BCUT2D eigenvalue weighted by Crippen LogP contribution is -2.47. The normalized spacial score (nSPS) is 14.4. The highest BCUT2D eigenvalue weighted by Crippen LogP contribution is 2.38. The van der Waals surface area contributed by atoms with Gasteiger partial charge >= 0.3 is 5.97 Å². The maximum Gasteiger partial charge on any atom is 0.306 e. The molecule has 1 amide bonds. The molecule has 9 nitrogen and oxygen atoms in total. The number of likely N-dealkylation sites (N-methyl/N-ethyl adjacent to an activating group) is 1. The van der Waals surface area contributed by atoms with Gasteiger partial charge in [0.2, 0.25) is 5.91 Å². The number of carbonyl (C=O) groups excluding carboxylic acids is 2. The number of carbonyl (C=O) groups is 2. The first-order chi connectivity index (χ1) is 39.4. The first kappa shape index (κ1) is 77.4. The van der Waals surface area contributed by atoms with Crippen molar-refractivity contribution in [2.75, 3.05) is 40.9 Å². The molecule has 0 heterocycles. The van der Waals surface area contributed by atoms with Gasteiger partial charge in [-0.15, -0.1) is 0 Å². The van der Waals surface area contributed by atoms with E-state index in [-0.39, 0.29) is 31.3 Å². The van der Waals surface area contributed by atoms with E-state index in [9.17, 15) is 19.0 Å². The number of allylic oxidation sites excluding steroid dienone is 19. The SMILES string of the molecule is CC/C=C\C/C=C\C/C=C\C/C=C\C/C=C\CCCCCCCCCCCCCC(=O)OC(/C=C\CCCCCCCCCCCC)C(COP(=O)([O-])OCC[N+](C)(C)C)NC(=O)CCCCC/C=C/C/C=C/C/C=C/C/C=C/CC. The lowest BCUT2D eigenvalue weighted by atomic mass is 10.0. The van der Waals surface area contributed by atoms with Gasteiger partial charge in [0, 0.05) is 12.8 Å². The van der Waals surface area contributed by atoms with Crippen molar-refractivity contribution in [1.29, 1.82) is 0 Å². The third-order valence-corrected chi connectivity index (χ3v) is 14.9. The maximum absolute atomic E-state index is 13.5. The number of rotatable bonds is 58. The largest absolute Gasteiger partial charge is 0.756 e. The zero-order valence-corrected chi connectivity index (χ0v) is 53.8. The Labute approximate surface area is 499 Å². The minimum Gasteiger partial charge on any atom is -0.756 e. The van der Waals surface area contributed by atoms with Crippen LogP contribution < -0.4 is 10.2 Å². The van der Waals surface area contributed by atoms with Crippen LogP contribution in [-0.4, -0.2) is 69.4 Å². The molecule has 0 aliphatic rings. The Morgan fingerprint density at radius 1 is 0.444 bits per heavy atom. The molecule has 0 aromatic rings. The third-order valence-electron chi connectivity index (χ3n) is 13.9. The average Bonchev–Trinajstić information content (AvgIpc) is 3.44. The second-order valence-corrected chi connectivity index (χ2v) is 24.3. The monoisotopic (exact) mass is 1150 g/mol. The minimum atomic E-state index is -4.72. The molecule has 0 aliphatic heterocycles. The molecule has 0 saturated heterocycles. The van der Waals surface area contributed by atoms with Crippen LogP contribution in [0.5, 0.6) is 0 Å². The second-order valence-electron chi connectivity index (χ2n) is 22.9. The summed E-state index contributed by atoms with van der Waals surface area (Å²) < 4.78 is 30.3. The summed E-state index contributed by atoms with van der Waals surface area (Å²) in [6.07, 6.45) is 83.2. The number of amides is 1. The van der Waals surface area contributed by atoms with E-state index in [1.807, 2.05) is 33.3 Å². The van der Waals surface area contributed by atoms with Crippen LogP contribution in [0.4, 0.5) is 0 Å². The quantitative estimate of drug-likeness (QED) is 0.0212. The van der Waals surface area contributed by atoms with Crippen molar-refractivity contribution >= 4 is 19.7 Å². The molecule has 0 saturated carbocycles. The average molecular weight is 1150 g/mol. The summed E-state index contributed by atoms with van der Waals surface area (Å²) >= 11 is 0. The van der Waals surface area contributed by atoms with Crippen LogP contribution in [0, 0.1) is 0 Å². The van der Waals surface area contributed by atoms with Crippen LogP contribution >= 0.6 is 7.82 Å². The predicted molar refractivity (Wildman–Crippen MR) is 348 cm³/mol. The van der Waals surface area contributed by atoms with E-state index in [1.54, 1.807) is 0 Å². The summed E-state index contributed by atoms with van der Waals surface area (Å²) in [6.45, 7) is 6.58. The number of ether oxygens (including phenoxy) is 1. The molecule has 3 atom stereocenters. The van der Waals surface area contributed by atoms with Gasteiger partial charge in [0.05, 0.1) is 33.8 Å². The van der Waals surface area contributed by atoms with Crippen molar-refractivity contribution in [2.45, 2.75) is 277 Å². The van der Waals surface area contributed by atoms with E-state index in [2.05, 4.69) is 135 Å². The van der Waals surface area contributed by atoms with Crippen LogP contribution in [0.25, 0.3) is 0 Å². The van der Waals surface area contributed by atoms with Crippen LogP contribution in [0.1, 0.15) is 265 Å². The summed E-state index contributed by atoms with van der Waals surface area (Å²) in [4.78, 5) is 40.0. The van der Waals surface area contributed by atoms with Crippen LogP contribution in [0.3, 0.4) is 0 Å². The Balaban J connectivity index is 5.14. The number of quaternary nitrogens is 1. The van der Waals surface area contributed by atoms with Gasteiger partial charge < -0.3 is 28.5 Å². The second kappa shape index (κ2) is 59.6.